The molecule has 0 heterocycles. The van der Waals surface area contributed by atoms with Crippen LogP contribution in [-0.4, -0.2) is 31.3 Å². The summed E-state index contributed by atoms with van der Waals surface area (Å²) < 4.78 is 40.1. The lowest BCUT2D eigenvalue weighted by atomic mass is 9.93. The van der Waals surface area contributed by atoms with Crippen molar-refractivity contribution < 1.29 is 22.7 Å². The van der Waals surface area contributed by atoms with E-state index in [1.807, 2.05) is 0 Å². The Hall–Kier alpha value is -0.780. The number of nitrogens with one attached hydrogen (secondary N) is 1. The van der Waals surface area contributed by atoms with Crippen LogP contribution in [0.2, 0.25) is 0 Å². The maximum Gasteiger partial charge on any atom is 0.490 e. The van der Waals surface area contributed by atoms with Gasteiger partial charge >= 0.3 is 12.1 Å². The number of carbonyl (C=O) groups excluding carboxylic acids is 1. The third kappa shape index (κ3) is 3.70. The summed E-state index contributed by atoms with van der Waals surface area (Å²) in [6.07, 6.45) is -2.83. The Morgan fingerprint density at radius 1 is 1.40 bits per heavy atom. The van der Waals surface area contributed by atoms with Crippen molar-refractivity contribution in [2.24, 2.45) is 0 Å². The van der Waals surface area contributed by atoms with Crippen LogP contribution >= 0.6 is 0 Å². The zero-order valence-electron chi connectivity index (χ0n) is 8.43. The van der Waals surface area contributed by atoms with Gasteiger partial charge in [0, 0.05) is 6.04 Å². The molecular formula is C9H14F3NO2. The maximum absolute atomic E-state index is 11.9. The number of rotatable bonds is 2. The molecule has 3 nitrogen and oxygen atoms in total. The first-order chi connectivity index (χ1) is 6.93. The minimum Gasteiger partial charge on any atom is -0.456 e. The lowest BCUT2D eigenvalue weighted by Gasteiger charge is -2.28. The van der Waals surface area contributed by atoms with Gasteiger partial charge < -0.3 is 10.1 Å². The highest BCUT2D eigenvalue weighted by atomic mass is 19.4. The van der Waals surface area contributed by atoms with E-state index in [2.05, 4.69) is 10.1 Å². The molecule has 0 spiro atoms. The smallest absolute Gasteiger partial charge is 0.456 e. The third-order valence-electron chi connectivity index (χ3n) is 2.54. The molecule has 1 aliphatic rings. The van der Waals surface area contributed by atoms with Gasteiger partial charge in [0.15, 0.2) is 0 Å². The van der Waals surface area contributed by atoms with Gasteiger partial charge in [0.25, 0.3) is 0 Å². The molecule has 0 aromatic carbocycles. The van der Waals surface area contributed by atoms with E-state index in [9.17, 15) is 18.0 Å². The van der Waals surface area contributed by atoms with Crippen LogP contribution in [0.4, 0.5) is 13.2 Å². The van der Waals surface area contributed by atoms with Crippen LogP contribution in [0.1, 0.15) is 25.7 Å². The zero-order valence-corrected chi connectivity index (χ0v) is 8.43. The highest BCUT2D eigenvalue weighted by Crippen LogP contribution is 2.24. The van der Waals surface area contributed by atoms with E-state index < -0.39 is 18.2 Å². The number of hydrogen-bond acceptors (Lipinski definition) is 3. The van der Waals surface area contributed by atoms with Crippen molar-refractivity contribution >= 4 is 5.97 Å². The lowest BCUT2D eigenvalue weighted by molar-refractivity contribution is -0.206. The molecule has 1 fully saturated rings. The second-order valence-electron chi connectivity index (χ2n) is 3.68. The molecule has 0 radical (unpaired) electrons. The van der Waals surface area contributed by atoms with Crippen molar-refractivity contribution in [2.45, 2.75) is 44.0 Å². The molecular weight excluding hydrogens is 211 g/mol. The fraction of sp³-hybridized carbons (Fsp3) is 0.889. The van der Waals surface area contributed by atoms with Crippen LogP contribution in [0.25, 0.3) is 0 Å². The van der Waals surface area contributed by atoms with Crippen molar-refractivity contribution in [3.8, 4) is 0 Å². The number of halogens is 3. The average molecular weight is 225 g/mol. The van der Waals surface area contributed by atoms with Crippen molar-refractivity contribution in [1.82, 2.24) is 5.32 Å². The Labute approximate surface area is 86.0 Å². The molecule has 2 unspecified atom stereocenters. The summed E-state index contributed by atoms with van der Waals surface area (Å²) in [6, 6.07) is 0.143. The van der Waals surface area contributed by atoms with Crippen molar-refractivity contribution in [1.29, 1.82) is 0 Å². The fourth-order valence-corrected chi connectivity index (χ4v) is 1.73. The van der Waals surface area contributed by atoms with E-state index in [0.717, 1.165) is 12.8 Å². The first kappa shape index (κ1) is 12.3. The minimum atomic E-state index is -4.88. The SMILES string of the molecule is CNC1CCCC(OC(=O)C(F)(F)F)C1. The highest BCUT2D eigenvalue weighted by molar-refractivity contribution is 5.75. The molecule has 88 valence electrons. The van der Waals surface area contributed by atoms with Gasteiger partial charge in [-0.15, -0.1) is 0 Å². The summed E-state index contributed by atoms with van der Waals surface area (Å²) in [5.41, 5.74) is 0. The molecule has 1 rings (SSSR count). The molecule has 1 aliphatic carbocycles. The normalized spacial score (nSPS) is 27.5. The quantitative estimate of drug-likeness (QED) is 0.726. The van der Waals surface area contributed by atoms with Crippen molar-refractivity contribution in [2.75, 3.05) is 7.05 Å². The number of carbonyl (C=O) groups is 1. The van der Waals surface area contributed by atoms with Crippen LogP contribution in [0.3, 0.4) is 0 Å². The van der Waals surface area contributed by atoms with Gasteiger partial charge in [-0.2, -0.15) is 13.2 Å². The third-order valence-corrected chi connectivity index (χ3v) is 2.54. The largest absolute Gasteiger partial charge is 0.490 e. The van der Waals surface area contributed by atoms with Crippen LogP contribution in [0.5, 0.6) is 0 Å². The van der Waals surface area contributed by atoms with Gasteiger partial charge in [0.1, 0.15) is 6.10 Å². The highest BCUT2D eigenvalue weighted by Gasteiger charge is 2.42. The van der Waals surface area contributed by atoms with Gasteiger partial charge in [-0.05, 0) is 32.7 Å². The second-order valence-corrected chi connectivity index (χ2v) is 3.68. The molecule has 6 heteroatoms. The topological polar surface area (TPSA) is 38.3 Å². The summed E-state index contributed by atoms with van der Waals surface area (Å²) in [5.74, 6) is -2.08. The average Bonchev–Trinajstić information content (AvgIpc) is 2.16. The van der Waals surface area contributed by atoms with Crippen molar-refractivity contribution in [3.05, 3.63) is 0 Å². The van der Waals surface area contributed by atoms with Crippen LogP contribution in [-0.2, 0) is 9.53 Å². The van der Waals surface area contributed by atoms with Gasteiger partial charge in [0.05, 0.1) is 0 Å². The second kappa shape index (κ2) is 4.83. The minimum absolute atomic E-state index is 0.143. The standard InChI is InChI=1S/C9H14F3NO2/c1-13-6-3-2-4-7(5-6)15-8(14)9(10,11)12/h6-7,13H,2-5H2,1H3. The summed E-state index contributed by atoms with van der Waals surface area (Å²) in [4.78, 5) is 10.6. The van der Waals surface area contributed by atoms with E-state index in [-0.39, 0.29) is 6.04 Å². The van der Waals surface area contributed by atoms with Gasteiger partial charge in [-0.1, -0.05) is 0 Å². The molecule has 15 heavy (non-hydrogen) atoms. The predicted molar refractivity (Wildman–Crippen MR) is 47.3 cm³/mol. The Balaban J connectivity index is 2.41. The van der Waals surface area contributed by atoms with E-state index >= 15 is 0 Å². The first-order valence-corrected chi connectivity index (χ1v) is 4.88. The molecule has 2 atom stereocenters. The summed E-state index contributed by atoms with van der Waals surface area (Å²) >= 11 is 0. The fourth-order valence-electron chi connectivity index (χ4n) is 1.73. The van der Waals surface area contributed by atoms with E-state index in [0.29, 0.717) is 12.8 Å². The summed E-state index contributed by atoms with van der Waals surface area (Å²) in [5, 5.41) is 2.97. The molecule has 0 aromatic rings. The molecule has 0 aliphatic heterocycles. The lowest BCUT2D eigenvalue weighted by Crippen LogP contribution is -2.38. The number of ether oxygens (including phenoxy) is 1. The monoisotopic (exact) mass is 225 g/mol. The number of esters is 1. The van der Waals surface area contributed by atoms with Crippen LogP contribution in [0.15, 0.2) is 0 Å². The molecule has 0 aromatic heterocycles. The predicted octanol–water partition coefficient (Wildman–Crippen LogP) is 1.62. The maximum atomic E-state index is 11.9. The van der Waals surface area contributed by atoms with Crippen LogP contribution in [0, 0.1) is 0 Å². The summed E-state index contributed by atoms with van der Waals surface area (Å²) in [7, 11) is 1.75. The Kier molecular flexibility index (Phi) is 3.96. The van der Waals surface area contributed by atoms with Crippen LogP contribution < -0.4 is 5.32 Å². The Bertz CT molecular complexity index is 230. The molecule has 1 saturated carbocycles. The first-order valence-electron chi connectivity index (χ1n) is 4.88. The molecule has 0 saturated heterocycles. The van der Waals surface area contributed by atoms with Gasteiger partial charge in [-0.25, -0.2) is 4.79 Å². The molecule has 1 N–H and O–H groups in total. The van der Waals surface area contributed by atoms with Gasteiger partial charge in [-0.3, -0.25) is 0 Å². The Morgan fingerprint density at radius 2 is 2.07 bits per heavy atom. The number of hydrogen-bond donors (Lipinski definition) is 1. The van der Waals surface area contributed by atoms with Gasteiger partial charge in [0.2, 0.25) is 0 Å². The summed E-state index contributed by atoms with van der Waals surface area (Å²) in [6.45, 7) is 0. The van der Waals surface area contributed by atoms with Crippen molar-refractivity contribution in [3.63, 3.8) is 0 Å². The molecule has 0 bridgehead atoms. The number of alkyl halides is 3. The van der Waals surface area contributed by atoms with E-state index in [1.165, 1.54) is 0 Å². The van der Waals surface area contributed by atoms with E-state index in [1.54, 1.807) is 7.05 Å². The van der Waals surface area contributed by atoms with E-state index in [4.69, 9.17) is 0 Å². The molecule has 0 amide bonds. The zero-order chi connectivity index (χ0) is 11.5. The Morgan fingerprint density at radius 3 is 2.60 bits per heavy atom.